The Morgan fingerprint density at radius 3 is 3.05 bits per heavy atom. The van der Waals surface area contributed by atoms with Crippen LogP contribution in [0.25, 0.3) is 17.0 Å². The highest BCUT2D eigenvalue weighted by atomic mass is 79.9. The fraction of sp³-hybridized carbons (Fsp3) is 0.400. The van der Waals surface area contributed by atoms with Crippen LogP contribution in [0, 0.1) is 0 Å². The van der Waals surface area contributed by atoms with Crippen LogP contribution in [0.5, 0.6) is 0 Å². The lowest BCUT2D eigenvalue weighted by atomic mass is 10.1. The van der Waals surface area contributed by atoms with Gasteiger partial charge in [-0.05, 0) is 48.2 Å². The molecule has 1 saturated heterocycles. The maximum atomic E-state index is 6.39. The molecule has 0 saturated carbocycles. The minimum Gasteiger partial charge on any atom is -0.356 e. The van der Waals surface area contributed by atoms with E-state index in [-0.39, 0.29) is 6.23 Å². The van der Waals surface area contributed by atoms with Crippen LogP contribution in [0.4, 0.5) is 0 Å². The average molecular weight is 356 g/mol. The van der Waals surface area contributed by atoms with Gasteiger partial charge in [-0.3, -0.25) is 0 Å². The first-order valence-corrected chi connectivity index (χ1v) is 7.99. The van der Waals surface area contributed by atoms with Gasteiger partial charge in [0.15, 0.2) is 6.23 Å². The molecule has 0 radical (unpaired) electrons. The van der Waals surface area contributed by atoms with Gasteiger partial charge < -0.3 is 4.74 Å². The maximum Gasteiger partial charge on any atom is 0.150 e. The number of nitrogens with zero attached hydrogens (tertiary/aromatic N) is 2. The van der Waals surface area contributed by atoms with Gasteiger partial charge in [-0.2, -0.15) is 5.10 Å². The molecule has 0 N–H and O–H groups in total. The van der Waals surface area contributed by atoms with E-state index in [9.17, 15) is 0 Å². The van der Waals surface area contributed by atoms with Crippen LogP contribution >= 0.6 is 27.5 Å². The first-order valence-electron chi connectivity index (χ1n) is 6.82. The van der Waals surface area contributed by atoms with Crippen LogP contribution in [0.15, 0.2) is 22.8 Å². The molecule has 1 aliphatic heterocycles. The minimum absolute atomic E-state index is 0.0248. The molecule has 106 valence electrons. The van der Waals surface area contributed by atoms with E-state index in [1.54, 1.807) is 0 Å². The Labute approximate surface area is 131 Å². The number of allylic oxidation sites excluding steroid dienone is 1. The fourth-order valence-electron chi connectivity index (χ4n) is 2.60. The molecule has 0 amide bonds. The summed E-state index contributed by atoms with van der Waals surface area (Å²) in [7, 11) is 0. The highest BCUT2D eigenvalue weighted by Gasteiger charge is 2.20. The number of fused-ring (bicyclic) bond motifs is 1. The first-order chi connectivity index (χ1) is 9.72. The molecular formula is C15H16BrClN2O. The maximum absolute atomic E-state index is 6.39. The molecule has 0 aliphatic carbocycles. The average Bonchev–Trinajstić information content (AvgIpc) is 2.88. The van der Waals surface area contributed by atoms with Crippen molar-refractivity contribution in [3.8, 4) is 0 Å². The summed E-state index contributed by atoms with van der Waals surface area (Å²) in [5.74, 6) is 0. The zero-order valence-electron chi connectivity index (χ0n) is 11.3. The number of hydrogen-bond acceptors (Lipinski definition) is 2. The lowest BCUT2D eigenvalue weighted by Crippen LogP contribution is -2.18. The van der Waals surface area contributed by atoms with Gasteiger partial charge in [-0.25, -0.2) is 4.68 Å². The van der Waals surface area contributed by atoms with Crippen molar-refractivity contribution in [1.29, 1.82) is 0 Å². The van der Waals surface area contributed by atoms with Gasteiger partial charge >= 0.3 is 0 Å². The minimum atomic E-state index is 0.0248. The van der Waals surface area contributed by atoms with Crippen LogP contribution < -0.4 is 0 Å². The summed E-state index contributed by atoms with van der Waals surface area (Å²) in [6, 6.07) is 1.97. The molecule has 3 rings (SSSR count). The van der Waals surface area contributed by atoms with E-state index in [2.05, 4.69) is 21.0 Å². The number of hydrogen-bond donors (Lipinski definition) is 0. The summed E-state index contributed by atoms with van der Waals surface area (Å²) in [5.41, 5.74) is 2.01. The van der Waals surface area contributed by atoms with Crippen LogP contribution in [-0.4, -0.2) is 16.4 Å². The highest BCUT2D eigenvalue weighted by molar-refractivity contribution is 9.10. The zero-order valence-corrected chi connectivity index (χ0v) is 13.6. The highest BCUT2D eigenvalue weighted by Crippen LogP contribution is 2.36. The van der Waals surface area contributed by atoms with E-state index in [1.165, 1.54) is 6.42 Å². The summed E-state index contributed by atoms with van der Waals surface area (Å²) in [6.07, 6.45) is 9.19. The standard InChI is InChI=1S/C15H16BrClN2O/c1-2-5-10-12(17)8-13-11(15(10)16)9-18-19(13)14-6-3-4-7-20-14/h2,5,8-9,14H,3-4,6-7H2,1H3/b5-2-. The molecule has 1 aromatic carbocycles. The van der Waals surface area contributed by atoms with E-state index in [1.807, 2.05) is 36.0 Å². The smallest absolute Gasteiger partial charge is 0.150 e. The summed E-state index contributed by atoms with van der Waals surface area (Å²) < 4.78 is 8.75. The van der Waals surface area contributed by atoms with Gasteiger partial charge in [0.25, 0.3) is 0 Å². The first kappa shape index (κ1) is 14.1. The summed E-state index contributed by atoms with van der Waals surface area (Å²) in [4.78, 5) is 0. The second kappa shape index (κ2) is 5.88. The van der Waals surface area contributed by atoms with Crippen molar-refractivity contribution >= 4 is 44.5 Å². The van der Waals surface area contributed by atoms with E-state index in [0.29, 0.717) is 0 Å². The van der Waals surface area contributed by atoms with Gasteiger partial charge in [-0.15, -0.1) is 0 Å². The molecular weight excluding hydrogens is 340 g/mol. The third-order valence-electron chi connectivity index (χ3n) is 3.59. The lowest BCUT2D eigenvalue weighted by molar-refractivity contribution is -0.0366. The molecule has 2 aromatic rings. The van der Waals surface area contributed by atoms with Gasteiger partial charge in [0.05, 0.1) is 16.7 Å². The molecule has 1 fully saturated rings. The SMILES string of the molecule is C/C=C\c1c(Cl)cc2c(cnn2C2CCCCO2)c1Br. The molecule has 1 atom stereocenters. The summed E-state index contributed by atoms with van der Waals surface area (Å²) in [6.45, 7) is 2.78. The molecule has 1 unspecified atom stereocenters. The van der Waals surface area contributed by atoms with Crippen molar-refractivity contribution in [2.75, 3.05) is 6.61 Å². The van der Waals surface area contributed by atoms with Crippen molar-refractivity contribution < 1.29 is 4.74 Å². The monoisotopic (exact) mass is 354 g/mol. The molecule has 3 nitrogen and oxygen atoms in total. The summed E-state index contributed by atoms with van der Waals surface area (Å²) in [5, 5.41) is 6.29. The van der Waals surface area contributed by atoms with Gasteiger partial charge in [0, 0.05) is 22.0 Å². The number of aromatic nitrogens is 2. The van der Waals surface area contributed by atoms with Crippen molar-refractivity contribution in [1.82, 2.24) is 9.78 Å². The van der Waals surface area contributed by atoms with E-state index in [0.717, 1.165) is 45.4 Å². The molecule has 20 heavy (non-hydrogen) atoms. The normalized spacial score (nSPS) is 20.1. The molecule has 1 aliphatic rings. The van der Waals surface area contributed by atoms with Crippen LogP contribution in [0.2, 0.25) is 5.02 Å². The van der Waals surface area contributed by atoms with Crippen molar-refractivity contribution in [2.45, 2.75) is 32.4 Å². The number of benzene rings is 1. The Balaban J connectivity index is 2.13. The third-order valence-corrected chi connectivity index (χ3v) is 4.76. The van der Waals surface area contributed by atoms with Crippen LogP contribution in [-0.2, 0) is 4.74 Å². The van der Waals surface area contributed by atoms with Crippen molar-refractivity contribution in [2.24, 2.45) is 0 Å². The predicted octanol–water partition coefficient (Wildman–Crippen LogP) is 5.18. The van der Waals surface area contributed by atoms with E-state index >= 15 is 0 Å². The van der Waals surface area contributed by atoms with Crippen molar-refractivity contribution in [3.05, 3.63) is 33.4 Å². The Bertz CT molecular complexity index is 659. The molecule has 2 heterocycles. The Morgan fingerprint density at radius 1 is 1.50 bits per heavy atom. The van der Waals surface area contributed by atoms with Gasteiger partial charge in [0.1, 0.15) is 0 Å². The van der Waals surface area contributed by atoms with Crippen LogP contribution in [0.1, 0.15) is 38.0 Å². The van der Waals surface area contributed by atoms with E-state index in [4.69, 9.17) is 16.3 Å². The molecule has 5 heteroatoms. The molecule has 0 bridgehead atoms. The zero-order chi connectivity index (χ0) is 14.1. The fourth-order valence-corrected chi connectivity index (χ4v) is 3.62. The van der Waals surface area contributed by atoms with E-state index < -0.39 is 0 Å². The largest absolute Gasteiger partial charge is 0.356 e. The third kappa shape index (κ3) is 2.41. The second-order valence-corrected chi connectivity index (χ2v) is 6.13. The van der Waals surface area contributed by atoms with Crippen LogP contribution in [0.3, 0.4) is 0 Å². The predicted molar refractivity (Wildman–Crippen MR) is 86.0 cm³/mol. The topological polar surface area (TPSA) is 27.1 Å². The number of halogens is 2. The quantitative estimate of drug-likeness (QED) is 0.741. The Kier molecular flexibility index (Phi) is 4.15. The lowest BCUT2D eigenvalue weighted by Gasteiger charge is -2.23. The van der Waals surface area contributed by atoms with Gasteiger partial charge in [0.2, 0.25) is 0 Å². The molecule has 1 aromatic heterocycles. The van der Waals surface area contributed by atoms with Crippen molar-refractivity contribution in [3.63, 3.8) is 0 Å². The Morgan fingerprint density at radius 2 is 2.35 bits per heavy atom. The second-order valence-electron chi connectivity index (χ2n) is 4.93. The van der Waals surface area contributed by atoms with Gasteiger partial charge in [-0.1, -0.05) is 23.8 Å². The molecule has 0 spiro atoms. The Hall–Kier alpha value is -0.840. The number of rotatable bonds is 2. The number of ether oxygens (including phenoxy) is 1. The summed E-state index contributed by atoms with van der Waals surface area (Å²) >= 11 is 10.0.